The van der Waals surface area contributed by atoms with E-state index in [1.165, 1.54) is 17.2 Å². The first-order valence-electron chi connectivity index (χ1n) is 7.83. The summed E-state index contributed by atoms with van der Waals surface area (Å²) in [5.41, 5.74) is 4.75. The zero-order valence-electron chi connectivity index (χ0n) is 14.0. The SMILES string of the molecule is Cc1nn(C)c(Cl)c1CN1CCc2c(nc(C(C)C)n2C)C1. The van der Waals surface area contributed by atoms with E-state index in [4.69, 9.17) is 16.6 Å². The van der Waals surface area contributed by atoms with Crippen LogP contribution in [0.1, 0.15) is 48.2 Å². The summed E-state index contributed by atoms with van der Waals surface area (Å²) in [7, 11) is 4.03. The van der Waals surface area contributed by atoms with E-state index in [0.717, 1.165) is 42.5 Å². The molecule has 22 heavy (non-hydrogen) atoms. The van der Waals surface area contributed by atoms with Gasteiger partial charge in [0, 0.05) is 57.3 Å². The van der Waals surface area contributed by atoms with Crippen LogP contribution in [0.2, 0.25) is 5.15 Å². The van der Waals surface area contributed by atoms with Crippen molar-refractivity contribution in [3.05, 3.63) is 33.6 Å². The van der Waals surface area contributed by atoms with Gasteiger partial charge in [-0.25, -0.2) is 4.98 Å². The van der Waals surface area contributed by atoms with E-state index in [9.17, 15) is 0 Å². The molecule has 2 aromatic rings. The molecule has 0 fully saturated rings. The van der Waals surface area contributed by atoms with Crippen molar-refractivity contribution in [2.45, 2.75) is 46.2 Å². The number of fused-ring (bicyclic) bond motifs is 1. The molecular weight excluding hydrogens is 298 g/mol. The maximum absolute atomic E-state index is 6.36. The van der Waals surface area contributed by atoms with E-state index in [-0.39, 0.29) is 0 Å². The molecule has 0 spiro atoms. The highest BCUT2D eigenvalue weighted by atomic mass is 35.5. The van der Waals surface area contributed by atoms with Crippen LogP contribution in [0.25, 0.3) is 0 Å². The van der Waals surface area contributed by atoms with Gasteiger partial charge in [-0.1, -0.05) is 25.4 Å². The maximum Gasteiger partial charge on any atom is 0.131 e. The van der Waals surface area contributed by atoms with Crippen LogP contribution in [0, 0.1) is 6.92 Å². The molecule has 0 aliphatic carbocycles. The molecule has 0 N–H and O–H groups in total. The van der Waals surface area contributed by atoms with Crippen molar-refractivity contribution < 1.29 is 0 Å². The molecule has 1 aliphatic rings. The van der Waals surface area contributed by atoms with E-state index in [2.05, 4.69) is 35.5 Å². The quantitative estimate of drug-likeness (QED) is 0.872. The monoisotopic (exact) mass is 321 g/mol. The molecule has 3 rings (SSSR count). The molecule has 120 valence electrons. The van der Waals surface area contributed by atoms with Gasteiger partial charge in [0.1, 0.15) is 11.0 Å². The van der Waals surface area contributed by atoms with Gasteiger partial charge < -0.3 is 4.57 Å². The molecule has 0 aromatic carbocycles. The lowest BCUT2D eigenvalue weighted by molar-refractivity contribution is 0.239. The average molecular weight is 322 g/mol. The van der Waals surface area contributed by atoms with Crippen LogP contribution in [0.4, 0.5) is 0 Å². The van der Waals surface area contributed by atoms with Gasteiger partial charge in [0.05, 0.1) is 11.4 Å². The van der Waals surface area contributed by atoms with Crippen molar-refractivity contribution in [1.82, 2.24) is 24.2 Å². The summed E-state index contributed by atoms with van der Waals surface area (Å²) in [5.74, 6) is 1.64. The van der Waals surface area contributed by atoms with Crippen LogP contribution in [0.15, 0.2) is 0 Å². The summed E-state index contributed by atoms with van der Waals surface area (Å²) in [5, 5.41) is 5.14. The van der Waals surface area contributed by atoms with Crippen LogP contribution in [0.5, 0.6) is 0 Å². The van der Waals surface area contributed by atoms with Crippen molar-refractivity contribution in [1.29, 1.82) is 0 Å². The molecule has 0 unspecified atom stereocenters. The fourth-order valence-corrected chi connectivity index (χ4v) is 3.57. The van der Waals surface area contributed by atoms with Crippen molar-refractivity contribution in [2.24, 2.45) is 14.1 Å². The number of aromatic nitrogens is 4. The van der Waals surface area contributed by atoms with Crippen LogP contribution < -0.4 is 0 Å². The van der Waals surface area contributed by atoms with Crippen molar-refractivity contribution in [2.75, 3.05) is 6.54 Å². The lowest BCUT2D eigenvalue weighted by Gasteiger charge is -2.26. The highest BCUT2D eigenvalue weighted by Crippen LogP contribution is 2.26. The minimum Gasteiger partial charge on any atom is -0.335 e. The Bertz CT molecular complexity index is 698. The summed E-state index contributed by atoms with van der Waals surface area (Å²) in [6.45, 7) is 9.18. The molecule has 0 atom stereocenters. The molecule has 1 aliphatic heterocycles. The minimum atomic E-state index is 0.457. The zero-order chi connectivity index (χ0) is 16.0. The fourth-order valence-electron chi connectivity index (χ4n) is 3.33. The van der Waals surface area contributed by atoms with Crippen LogP contribution >= 0.6 is 11.6 Å². The van der Waals surface area contributed by atoms with E-state index < -0.39 is 0 Å². The molecule has 0 radical (unpaired) electrons. The number of hydrogen-bond acceptors (Lipinski definition) is 3. The fraction of sp³-hybridized carbons (Fsp3) is 0.625. The Morgan fingerprint density at radius 3 is 2.59 bits per heavy atom. The first kappa shape index (κ1) is 15.6. The second kappa shape index (κ2) is 5.70. The first-order valence-corrected chi connectivity index (χ1v) is 8.21. The summed E-state index contributed by atoms with van der Waals surface area (Å²) < 4.78 is 4.03. The number of hydrogen-bond donors (Lipinski definition) is 0. The zero-order valence-corrected chi connectivity index (χ0v) is 14.8. The third-order valence-electron chi connectivity index (χ3n) is 4.54. The maximum atomic E-state index is 6.36. The minimum absolute atomic E-state index is 0.457. The predicted octanol–water partition coefficient (Wildman–Crippen LogP) is 2.80. The molecule has 3 heterocycles. The Labute approximate surface area is 136 Å². The first-order chi connectivity index (χ1) is 10.4. The predicted molar refractivity (Wildman–Crippen MR) is 88.1 cm³/mol. The smallest absolute Gasteiger partial charge is 0.131 e. The van der Waals surface area contributed by atoms with Crippen LogP contribution in [0.3, 0.4) is 0 Å². The Morgan fingerprint density at radius 1 is 1.27 bits per heavy atom. The van der Waals surface area contributed by atoms with Gasteiger partial charge in [0.15, 0.2) is 0 Å². The Kier molecular flexibility index (Phi) is 4.03. The van der Waals surface area contributed by atoms with Crippen molar-refractivity contribution in [3.8, 4) is 0 Å². The topological polar surface area (TPSA) is 38.9 Å². The van der Waals surface area contributed by atoms with Gasteiger partial charge in [0.2, 0.25) is 0 Å². The summed E-state index contributed by atoms with van der Waals surface area (Å²) in [6.07, 6.45) is 1.04. The molecule has 2 aromatic heterocycles. The van der Waals surface area contributed by atoms with Gasteiger partial charge in [-0.3, -0.25) is 9.58 Å². The summed E-state index contributed by atoms with van der Waals surface area (Å²) in [4.78, 5) is 7.27. The molecule has 0 amide bonds. The molecule has 6 heteroatoms. The molecule has 0 bridgehead atoms. The Morgan fingerprint density at radius 2 is 2.00 bits per heavy atom. The van der Waals surface area contributed by atoms with Gasteiger partial charge >= 0.3 is 0 Å². The molecular formula is C16H24ClN5. The van der Waals surface area contributed by atoms with E-state index in [1.54, 1.807) is 4.68 Å². The Balaban J connectivity index is 1.81. The lowest BCUT2D eigenvalue weighted by atomic mass is 10.1. The number of nitrogens with zero attached hydrogens (tertiary/aromatic N) is 5. The highest BCUT2D eigenvalue weighted by Gasteiger charge is 2.25. The molecule has 0 saturated carbocycles. The summed E-state index contributed by atoms with van der Waals surface area (Å²) in [6, 6.07) is 0. The second-order valence-electron chi connectivity index (χ2n) is 6.52. The average Bonchev–Trinajstić information content (AvgIpc) is 2.91. The lowest BCUT2D eigenvalue weighted by Crippen LogP contribution is -2.31. The van der Waals surface area contributed by atoms with Gasteiger partial charge in [-0.2, -0.15) is 5.10 Å². The third kappa shape index (κ3) is 2.57. The van der Waals surface area contributed by atoms with Gasteiger partial charge in [-0.05, 0) is 6.92 Å². The standard InChI is InChI=1S/C16H24ClN5/c1-10(2)16-18-13-9-22(7-6-14(13)20(16)4)8-12-11(3)19-21(5)15(12)17/h10H,6-9H2,1-5H3. The van der Waals surface area contributed by atoms with Crippen LogP contribution in [-0.2, 0) is 33.6 Å². The largest absolute Gasteiger partial charge is 0.335 e. The van der Waals surface area contributed by atoms with E-state index in [0.29, 0.717) is 5.92 Å². The highest BCUT2D eigenvalue weighted by molar-refractivity contribution is 6.30. The number of halogens is 1. The number of aryl methyl sites for hydroxylation is 2. The van der Waals surface area contributed by atoms with Gasteiger partial charge in [0.25, 0.3) is 0 Å². The molecule has 5 nitrogen and oxygen atoms in total. The van der Waals surface area contributed by atoms with Crippen molar-refractivity contribution >= 4 is 11.6 Å². The number of rotatable bonds is 3. The normalized spacial score (nSPS) is 15.6. The van der Waals surface area contributed by atoms with Crippen LogP contribution in [-0.4, -0.2) is 30.8 Å². The summed E-state index contributed by atoms with van der Waals surface area (Å²) >= 11 is 6.36. The second-order valence-corrected chi connectivity index (χ2v) is 6.87. The van der Waals surface area contributed by atoms with Gasteiger partial charge in [-0.15, -0.1) is 0 Å². The van der Waals surface area contributed by atoms with E-state index in [1.807, 2.05) is 14.0 Å². The van der Waals surface area contributed by atoms with E-state index >= 15 is 0 Å². The van der Waals surface area contributed by atoms with Crippen molar-refractivity contribution in [3.63, 3.8) is 0 Å². The molecule has 0 saturated heterocycles. The number of imidazole rings is 1. The Hall–Kier alpha value is -1.33. The third-order valence-corrected chi connectivity index (χ3v) is 5.01.